The first-order valence-electron chi connectivity index (χ1n) is 6.55. The summed E-state index contributed by atoms with van der Waals surface area (Å²) in [7, 11) is 0. The first-order valence-corrected chi connectivity index (χ1v) is 7.77. The summed E-state index contributed by atoms with van der Waals surface area (Å²) in [6.45, 7) is 0.786. The molecule has 0 bridgehead atoms. The van der Waals surface area contributed by atoms with Crippen molar-refractivity contribution in [2.24, 2.45) is 0 Å². The average molecular weight is 293 g/mol. The molecule has 0 saturated carbocycles. The van der Waals surface area contributed by atoms with E-state index in [1.54, 1.807) is 11.8 Å². The van der Waals surface area contributed by atoms with Crippen molar-refractivity contribution >= 4 is 28.5 Å². The van der Waals surface area contributed by atoms with Crippen LogP contribution in [0.15, 0.2) is 29.4 Å². The first kappa shape index (κ1) is 13.6. The van der Waals surface area contributed by atoms with E-state index in [2.05, 4.69) is 9.97 Å². The van der Waals surface area contributed by atoms with E-state index >= 15 is 0 Å². The minimum Gasteiger partial charge on any atom is -0.390 e. The Hall–Kier alpha value is -1.40. The molecule has 0 amide bonds. The van der Waals surface area contributed by atoms with Gasteiger partial charge in [-0.2, -0.15) is 0 Å². The molecule has 0 spiro atoms. The number of halogens is 1. The van der Waals surface area contributed by atoms with Crippen molar-refractivity contribution in [3.8, 4) is 0 Å². The Kier molecular flexibility index (Phi) is 3.76. The summed E-state index contributed by atoms with van der Waals surface area (Å²) in [5.74, 6) is 0.750. The van der Waals surface area contributed by atoms with Gasteiger partial charge in [0.25, 0.3) is 0 Å². The zero-order valence-electron chi connectivity index (χ0n) is 11.2. The number of aromatic nitrogens is 2. The van der Waals surface area contributed by atoms with E-state index in [0.717, 1.165) is 21.6 Å². The van der Waals surface area contributed by atoms with Crippen molar-refractivity contribution < 1.29 is 9.50 Å². The van der Waals surface area contributed by atoms with Crippen LogP contribution in [-0.4, -0.2) is 46.7 Å². The number of anilines is 1. The van der Waals surface area contributed by atoms with Crippen molar-refractivity contribution in [2.45, 2.75) is 23.6 Å². The lowest BCUT2D eigenvalue weighted by molar-refractivity contribution is 0.0614. The zero-order chi connectivity index (χ0) is 14.1. The molecule has 0 radical (unpaired) electrons. The Morgan fingerprint density at radius 3 is 3.00 bits per heavy atom. The fourth-order valence-electron chi connectivity index (χ4n) is 2.49. The summed E-state index contributed by atoms with van der Waals surface area (Å²) in [4.78, 5) is 11.6. The predicted molar refractivity (Wildman–Crippen MR) is 79.1 cm³/mol. The standard InChI is InChI=1S/C14H16FN3OS/c1-20-9-2-3-12-10(6-9)14(17-8-16-12)18-5-4-13(19)11(15)7-18/h2-3,6,8,11,13,19H,4-5,7H2,1H3. The second-order valence-corrected chi connectivity index (χ2v) is 5.78. The van der Waals surface area contributed by atoms with Gasteiger partial charge in [0.2, 0.25) is 0 Å². The van der Waals surface area contributed by atoms with Gasteiger partial charge in [0.1, 0.15) is 18.3 Å². The fraction of sp³-hybridized carbons (Fsp3) is 0.429. The summed E-state index contributed by atoms with van der Waals surface area (Å²) in [6.07, 6.45) is 1.86. The molecule has 106 valence electrons. The number of piperidine rings is 1. The molecule has 2 unspecified atom stereocenters. The van der Waals surface area contributed by atoms with Crippen molar-refractivity contribution in [1.82, 2.24) is 9.97 Å². The second kappa shape index (κ2) is 5.54. The molecule has 20 heavy (non-hydrogen) atoms. The Labute approximate surface area is 121 Å². The van der Waals surface area contributed by atoms with Crippen LogP contribution in [0.3, 0.4) is 0 Å². The molecule has 1 saturated heterocycles. The smallest absolute Gasteiger partial charge is 0.143 e. The van der Waals surface area contributed by atoms with Gasteiger partial charge in [0.05, 0.1) is 18.2 Å². The van der Waals surface area contributed by atoms with E-state index in [1.807, 2.05) is 29.4 Å². The normalized spacial score (nSPS) is 23.2. The van der Waals surface area contributed by atoms with Gasteiger partial charge >= 0.3 is 0 Å². The van der Waals surface area contributed by atoms with Crippen LogP contribution in [0.25, 0.3) is 10.9 Å². The average Bonchev–Trinajstić information content (AvgIpc) is 2.49. The lowest BCUT2D eigenvalue weighted by Gasteiger charge is -2.33. The van der Waals surface area contributed by atoms with Gasteiger partial charge in [-0.15, -0.1) is 11.8 Å². The van der Waals surface area contributed by atoms with Crippen LogP contribution in [-0.2, 0) is 0 Å². The third-order valence-electron chi connectivity index (χ3n) is 3.63. The molecule has 1 aromatic heterocycles. The van der Waals surface area contributed by atoms with E-state index in [-0.39, 0.29) is 6.54 Å². The van der Waals surface area contributed by atoms with Crippen LogP contribution in [0.1, 0.15) is 6.42 Å². The maximum Gasteiger partial charge on any atom is 0.143 e. The number of aliphatic hydroxyl groups is 1. The molecule has 2 aromatic rings. The van der Waals surface area contributed by atoms with Crippen LogP contribution in [0, 0.1) is 0 Å². The highest BCUT2D eigenvalue weighted by Crippen LogP contribution is 2.29. The summed E-state index contributed by atoms with van der Waals surface area (Å²) in [5, 5.41) is 10.4. The molecule has 0 aliphatic carbocycles. The summed E-state index contributed by atoms with van der Waals surface area (Å²) in [5.41, 5.74) is 0.856. The third kappa shape index (κ3) is 2.45. The molecule has 1 aliphatic heterocycles. The number of thioether (sulfide) groups is 1. The van der Waals surface area contributed by atoms with Gasteiger partial charge in [-0.05, 0) is 30.9 Å². The molecule has 1 fully saturated rings. The number of nitrogens with zero attached hydrogens (tertiary/aromatic N) is 3. The van der Waals surface area contributed by atoms with Crippen molar-refractivity contribution in [1.29, 1.82) is 0 Å². The maximum absolute atomic E-state index is 13.7. The van der Waals surface area contributed by atoms with E-state index in [0.29, 0.717) is 13.0 Å². The Morgan fingerprint density at radius 1 is 1.40 bits per heavy atom. The monoisotopic (exact) mass is 293 g/mol. The lowest BCUT2D eigenvalue weighted by atomic mass is 10.1. The summed E-state index contributed by atoms with van der Waals surface area (Å²) in [6, 6.07) is 6.01. The highest BCUT2D eigenvalue weighted by molar-refractivity contribution is 7.98. The molecule has 3 rings (SSSR count). The number of alkyl halides is 1. The van der Waals surface area contributed by atoms with Crippen LogP contribution in [0.5, 0.6) is 0 Å². The topological polar surface area (TPSA) is 49.2 Å². The predicted octanol–water partition coefficient (Wildman–Crippen LogP) is 2.26. The van der Waals surface area contributed by atoms with Crippen molar-refractivity contribution in [3.05, 3.63) is 24.5 Å². The van der Waals surface area contributed by atoms with E-state index in [4.69, 9.17) is 0 Å². The number of aliphatic hydroxyl groups excluding tert-OH is 1. The maximum atomic E-state index is 13.7. The van der Waals surface area contributed by atoms with Crippen molar-refractivity contribution in [3.63, 3.8) is 0 Å². The van der Waals surface area contributed by atoms with Crippen molar-refractivity contribution in [2.75, 3.05) is 24.2 Å². The molecule has 4 nitrogen and oxygen atoms in total. The van der Waals surface area contributed by atoms with Gasteiger partial charge in [-0.25, -0.2) is 14.4 Å². The molecular weight excluding hydrogens is 277 g/mol. The van der Waals surface area contributed by atoms with E-state index < -0.39 is 12.3 Å². The number of hydrogen-bond acceptors (Lipinski definition) is 5. The van der Waals surface area contributed by atoms with Gasteiger partial charge in [-0.1, -0.05) is 0 Å². The Bertz CT molecular complexity index is 624. The quantitative estimate of drug-likeness (QED) is 0.861. The molecule has 1 N–H and O–H groups in total. The molecule has 1 aromatic carbocycles. The van der Waals surface area contributed by atoms with Gasteiger partial charge in [-0.3, -0.25) is 0 Å². The third-order valence-corrected chi connectivity index (χ3v) is 4.35. The lowest BCUT2D eigenvalue weighted by Crippen LogP contribution is -2.45. The first-order chi connectivity index (χ1) is 9.69. The van der Waals surface area contributed by atoms with Gasteiger partial charge in [0, 0.05) is 16.8 Å². The number of benzene rings is 1. The fourth-order valence-corrected chi connectivity index (χ4v) is 2.93. The number of rotatable bonds is 2. The number of hydrogen-bond donors (Lipinski definition) is 1. The van der Waals surface area contributed by atoms with Crippen LogP contribution >= 0.6 is 11.8 Å². The molecule has 2 atom stereocenters. The highest BCUT2D eigenvalue weighted by atomic mass is 32.2. The van der Waals surface area contributed by atoms with E-state index in [9.17, 15) is 9.50 Å². The summed E-state index contributed by atoms with van der Waals surface area (Å²) < 4.78 is 13.7. The van der Waals surface area contributed by atoms with Gasteiger partial charge in [0.15, 0.2) is 0 Å². The Balaban J connectivity index is 2.02. The van der Waals surface area contributed by atoms with Crippen LogP contribution < -0.4 is 4.90 Å². The number of fused-ring (bicyclic) bond motifs is 1. The molecule has 2 heterocycles. The summed E-state index contributed by atoms with van der Waals surface area (Å²) >= 11 is 1.65. The van der Waals surface area contributed by atoms with Crippen LogP contribution in [0.4, 0.5) is 10.2 Å². The van der Waals surface area contributed by atoms with Gasteiger partial charge < -0.3 is 10.0 Å². The molecular formula is C14H16FN3OS. The Morgan fingerprint density at radius 2 is 2.25 bits per heavy atom. The van der Waals surface area contributed by atoms with E-state index in [1.165, 1.54) is 6.33 Å². The SMILES string of the molecule is CSc1ccc2ncnc(N3CCC(O)C(F)C3)c2c1. The minimum atomic E-state index is -1.22. The largest absolute Gasteiger partial charge is 0.390 e. The minimum absolute atomic E-state index is 0.177. The molecule has 6 heteroatoms. The van der Waals surface area contributed by atoms with Crippen LogP contribution in [0.2, 0.25) is 0 Å². The highest BCUT2D eigenvalue weighted by Gasteiger charge is 2.28. The second-order valence-electron chi connectivity index (χ2n) is 4.90. The molecule has 1 aliphatic rings. The zero-order valence-corrected chi connectivity index (χ0v) is 12.0.